The van der Waals surface area contributed by atoms with Crippen molar-refractivity contribution >= 4 is 0 Å². The van der Waals surface area contributed by atoms with Gasteiger partial charge in [-0.05, 0) is 44.4 Å². The maximum Gasteiger partial charge on any atom is 0.238 e. The van der Waals surface area contributed by atoms with Crippen LogP contribution in [0.25, 0.3) is 11.6 Å². The van der Waals surface area contributed by atoms with Crippen LogP contribution in [0.3, 0.4) is 0 Å². The molecule has 20 heavy (non-hydrogen) atoms. The summed E-state index contributed by atoms with van der Waals surface area (Å²) in [6, 6.07) is 2.37. The summed E-state index contributed by atoms with van der Waals surface area (Å²) < 4.78 is 10.9. The first-order valence-corrected chi connectivity index (χ1v) is 7.41. The summed E-state index contributed by atoms with van der Waals surface area (Å²) in [5, 5.41) is 7.66. The Hall–Kier alpha value is -1.62. The van der Waals surface area contributed by atoms with Crippen molar-refractivity contribution in [2.45, 2.75) is 51.5 Å². The van der Waals surface area contributed by atoms with E-state index in [4.69, 9.17) is 8.94 Å². The van der Waals surface area contributed by atoms with E-state index in [1.54, 1.807) is 6.26 Å². The van der Waals surface area contributed by atoms with Gasteiger partial charge in [0.05, 0.1) is 12.2 Å². The third-order valence-electron chi connectivity index (χ3n) is 4.00. The molecule has 2 atom stereocenters. The molecule has 0 amide bonds. The molecular formula is C15H21N3O2. The number of furan rings is 1. The van der Waals surface area contributed by atoms with E-state index in [0.717, 1.165) is 30.8 Å². The quantitative estimate of drug-likeness (QED) is 0.907. The zero-order chi connectivity index (χ0) is 13.9. The van der Waals surface area contributed by atoms with E-state index in [1.807, 2.05) is 13.0 Å². The van der Waals surface area contributed by atoms with Crippen LogP contribution in [0.1, 0.15) is 50.0 Å². The molecule has 0 spiro atoms. The Bertz CT molecular complexity index is 561. The maximum absolute atomic E-state index is 5.48. The molecule has 108 valence electrons. The SMILES string of the molecule is CCCNC1CCCC1c1nc(-c2occc2C)no1. The van der Waals surface area contributed by atoms with Crippen molar-refractivity contribution in [3.8, 4) is 11.6 Å². The van der Waals surface area contributed by atoms with Crippen LogP contribution in [0.15, 0.2) is 21.3 Å². The highest BCUT2D eigenvalue weighted by molar-refractivity contribution is 5.51. The molecule has 1 aliphatic carbocycles. The third-order valence-corrected chi connectivity index (χ3v) is 4.00. The average molecular weight is 275 g/mol. The molecule has 0 bridgehead atoms. The summed E-state index contributed by atoms with van der Waals surface area (Å²) in [5.41, 5.74) is 1.03. The van der Waals surface area contributed by atoms with Crippen molar-refractivity contribution < 1.29 is 8.94 Å². The Kier molecular flexibility index (Phi) is 3.87. The second-order valence-electron chi connectivity index (χ2n) is 5.49. The van der Waals surface area contributed by atoms with Gasteiger partial charge in [0.1, 0.15) is 0 Å². The minimum absolute atomic E-state index is 0.332. The molecule has 1 saturated carbocycles. The lowest BCUT2D eigenvalue weighted by molar-refractivity contribution is 0.330. The summed E-state index contributed by atoms with van der Waals surface area (Å²) >= 11 is 0. The van der Waals surface area contributed by atoms with Crippen LogP contribution >= 0.6 is 0 Å². The highest BCUT2D eigenvalue weighted by atomic mass is 16.5. The van der Waals surface area contributed by atoms with E-state index >= 15 is 0 Å². The summed E-state index contributed by atoms with van der Waals surface area (Å²) in [7, 11) is 0. The fourth-order valence-electron chi connectivity index (χ4n) is 2.91. The van der Waals surface area contributed by atoms with Crippen molar-refractivity contribution in [2.24, 2.45) is 0 Å². The monoisotopic (exact) mass is 275 g/mol. The number of aromatic nitrogens is 2. The molecule has 0 saturated heterocycles. The zero-order valence-electron chi connectivity index (χ0n) is 12.1. The molecule has 1 fully saturated rings. The van der Waals surface area contributed by atoms with Gasteiger partial charge in [-0.2, -0.15) is 4.98 Å². The van der Waals surface area contributed by atoms with Gasteiger partial charge in [-0.25, -0.2) is 0 Å². The highest BCUT2D eigenvalue weighted by Crippen LogP contribution is 2.34. The first-order chi connectivity index (χ1) is 9.79. The van der Waals surface area contributed by atoms with Crippen LogP contribution in [0, 0.1) is 6.92 Å². The molecule has 1 aliphatic rings. The van der Waals surface area contributed by atoms with Gasteiger partial charge in [0.25, 0.3) is 0 Å². The lowest BCUT2D eigenvalue weighted by atomic mass is 10.0. The molecule has 2 heterocycles. The van der Waals surface area contributed by atoms with E-state index in [0.29, 0.717) is 23.5 Å². The van der Waals surface area contributed by atoms with Crippen molar-refractivity contribution in [3.05, 3.63) is 23.8 Å². The van der Waals surface area contributed by atoms with Gasteiger partial charge in [-0.15, -0.1) is 0 Å². The molecular weight excluding hydrogens is 254 g/mol. The summed E-state index contributed by atoms with van der Waals surface area (Å²) in [5.74, 6) is 2.33. The van der Waals surface area contributed by atoms with Crippen LogP contribution in [-0.2, 0) is 0 Å². The van der Waals surface area contributed by atoms with Gasteiger partial charge in [0.15, 0.2) is 5.76 Å². The number of nitrogens with one attached hydrogen (secondary N) is 1. The fourth-order valence-corrected chi connectivity index (χ4v) is 2.91. The summed E-state index contributed by atoms with van der Waals surface area (Å²) in [4.78, 5) is 4.54. The molecule has 3 rings (SSSR count). The first-order valence-electron chi connectivity index (χ1n) is 7.41. The van der Waals surface area contributed by atoms with E-state index in [9.17, 15) is 0 Å². The van der Waals surface area contributed by atoms with Gasteiger partial charge in [-0.1, -0.05) is 18.5 Å². The number of hydrogen-bond acceptors (Lipinski definition) is 5. The molecule has 0 aliphatic heterocycles. The maximum atomic E-state index is 5.48. The minimum atomic E-state index is 0.332. The predicted octanol–water partition coefficient (Wildman–Crippen LogP) is 3.27. The highest BCUT2D eigenvalue weighted by Gasteiger charge is 2.32. The van der Waals surface area contributed by atoms with Gasteiger partial charge in [-0.3, -0.25) is 0 Å². The Morgan fingerprint density at radius 3 is 3.05 bits per heavy atom. The molecule has 0 radical (unpaired) electrons. The standard InChI is InChI=1S/C15H21N3O2/c1-3-8-16-12-6-4-5-11(12)15-17-14(18-20-15)13-10(2)7-9-19-13/h7,9,11-12,16H,3-6,8H2,1-2H3. The van der Waals surface area contributed by atoms with E-state index < -0.39 is 0 Å². The molecule has 2 unspecified atom stereocenters. The van der Waals surface area contributed by atoms with Crippen LogP contribution in [-0.4, -0.2) is 22.7 Å². The van der Waals surface area contributed by atoms with Crippen molar-refractivity contribution in [2.75, 3.05) is 6.54 Å². The van der Waals surface area contributed by atoms with Gasteiger partial charge < -0.3 is 14.3 Å². The number of rotatable bonds is 5. The summed E-state index contributed by atoms with van der Waals surface area (Å²) in [6.45, 7) is 5.21. The zero-order valence-corrected chi connectivity index (χ0v) is 12.1. The third kappa shape index (κ3) is 2.50. The molecule has 2 aromatic heterocycles. The van der Waals surface area contributed by atoms with Crippen LogP contribution in [0.5, 0.6) is 0 Å². The minimum Gasteiger partial charge on any atom is -0.461 e. The van der Waals surface area contributed by atoms with E-state index in [2.05, 4.69) is 22.4 Å². The van der Waals surface area contributed by atoms with Crippen LogP contribution in [0.4, 0.5) is 0 Å². The molecule has 1 N–H and O–H groups in total. The normalized spacial score (nSPS) is 22.5. The largest absolute Gasteiger partial charge is 0.461 e. The first kappa shape index (κ1) is 13.4. The van der Waals surface area contributed by atoms with Gasteiger partial charge in [0, 0.05) is 6.04 Å². The Labute approximate surface area is 118 Å². The predicted molar refractivity (Wildman–Crippen MR) is 75.4 cm³/mol. The van der Waals surface area contributed by atoms with Crippen molar-refractivity contribution in [3.63, 3.8) is 0 Å². The van der Waals surface area contributed by atoms with E-state index in [-0.39, 0.29) is 0 Å². The average Bonchev–Trinajstić information content (AvgIpc) is 3.15. The van der Waals surface area contributed by atoms with Crippen LogP contribution in [0.2, 0.25) is 0 Å². The fraction of sp³-hybridized carbons (Fsp3) is 0.600. The number of aryl methyl sites for hydroxylation is 1. The smallest absolute Gasteiger partial charge is 0.238 e. The Balaban J connectivity index is 1.78. The van der Waals surface area contributed by atoms with E-state index in [1.165, 1.54) is 12.8 Å². The number of nitrogens with zero attached hydrogens (tertiary/aromatic N) is 2. The van der Waals surface area contributed by atoms with Gasteiger partial charge in [0.2, 0.25) is 11.7 Å². The molecule has 5 heteroatoms. The van der Waals surface area contributed by atoms with Crippen molar-refractivity contribution in [1.29, 1.82) is 0 Å². The number of hydrogen-bond donors (Lipinski definition) is 1. The topological polar surface area (TPSA) is 64.1 Å². The molecule has 2 aromatic rings. The van der Waals surface area contributed by atoms with Crippen molar-refractivity contribution in [1.82, 2.24) is 15.5 Å². The summed E-state index contributed by atoms with van der Waals surface area (Å²) in [6.07, 6.45) is 6.30. The Morgan fingerprint density at radius 1 is 1.40 bits per heavy atom. The Morgan fingerprint density at radius 2 is 2.30 bits per heavy atom. The second-order valence-corrected chi connectivity index (χ2v) is 5.49. The van der Waals surface area contributed by atoms with Gasteiger partial charge >= 0.3 is 0 Å². The second kappa shape index (κ2) is 5.79. The molecule has 0 aromatic carbocycles. The van der Waals surface area contributed by atoms with Crippen LogP contribution < -0.4 is 5.32 Å². The molecule has 5 nitrogen and oxygen atoms in total. The lowest BCUT2D eigenvalue weighted by Gasteiger charge is -2.17. The lowest BCUT2D eigenvalue weighted by Crippen LogP contribution is -2.31.